The molecule has 1 aliphatic heterocycles. The first kappa shape index (κ1) is 24.3. The molecule has 2 amide bonds. The first-order chi connectivity index (χ1) is 15.8. The van der Waals surface area contributed by atoms with Gasteiger partial charge in [0.05, 0.1) is 18.6 Å². The van der Waals surface area contributed by atoms with Gasteiger partial charge < -0.3 is 19.5 Å². The minimum Gasteiger partial charge on any atom is -0.383 e. The molecule has 0 radical (unpaired) electrons. The molecule has 1 aromatic heterocycles. The van der Waals surface area contributed by atoms with Gasteiger partial charge in [-0.15, -0.1) is 0 Å². The van der Waals surface area contributed by atoms with Crippen molar-refractivity contribution in [1.82, 2.24) is 9.47 Å². The predicted molar refractivity (Wildman–Crippen MR) is 128 cm³/mol. The van der Waals surface area contributed by atoms with Crippen LogP contribution >= 0.6 is 0 Å². The third-order valence-electron chi connectivity index (χ3n) is 6.14. The van der Waals surface area contributed by atoms with E-state index in [1.54, 1.807) is 18.1 Å². The number of amides is 2. The van der Waals surface area contributed by atoms with Gasteiger partial charge in [0.25, 0.3) is 5.91 Å². The summed E-state index contributed by atoms with van der Waals surface area (Å²) in [4.78, 5) is 27.5. The molecule has 0 saturated carbocycles. The van der Waals surface area contributed by atoms with E-state index in [0.29, 0.717) is 26.1 Å². The lowest BCUT2D eigenvalue weighted by molar-refractivity contribution is -0.130. The normalized spacial score (nSPS) is 17.4. The lowest BCUT2D eigenvalue weighted by atomic mass is 9.96. The zero-order valence-electron chi connectivity index (χ0n) is 19.8. The third-order valence-corrected chi connectivity index (χ3v) is 6.14. The molecule has 2 heterocycles. The molecule has 174 valence electrons. The van der Waals surface area contributed by atoms with Crippen LogP contribution in [0, 0.1) is 31.1 Å². The van der Waals surface area contributed by atoms with Crippen LogP contribution in [0.5, 0.6) is 0 Å². The highest BCUT2D eigenvalue weighted by Gasteiger charge is 2.30. The molecule has 1 saturated heterocycles. The average molecular weight is 449 g/mol. The van der Waals surface area contributed by atoms with E-state index in [-0.39, 0.29) is 29.3 Å². The fourth-order valence-corrected chi connectivity index (χ4v) is 4.55. The maximum Gasteiger partial charge on any atom is 0.264 e. The quantitative estimate of drug-likeness (QED) is 0.510. The van der Waals surface area contributed by atoms with Crippen LogP contribution in [0.15, 0.2) is 42.0 Å². The molecule has 1 aliphatic rings. The van der Waals surface area contributed by atoms with Crippen molar-refractivity contribution in [3.63, 3.8) is 0 Å². The van der Waals surface area contributed by atoms with E-state index in [1.807, 2.05) is 50.2 Å². The van der Waals surface area contributed by atoms with Crippen molar-refractivity contribution >= 4 is 23.6 Å². The van der Waals surface area contributed by atoms with Crippen LogP contribution in [-0.4, -0.2) is 48.1 Å². The number of piperidine rings is 1. The number of hydrogen-bond acceptors (Lipinski definition) is 4. The van der Waals surface area contributed by atoms with E-state index in [9.17, 15) is 14.9 Å². The standard InChI is InChI=1S/C26H32N4O3/c1-18-13-22(20(3)30(18)19(2)17-33-4)14-23(15-27)26(32)29-12-8-9-21(16-29)25(31)28-24-10-6-5-7-11-24/h5-7,10-11,13-14,19,21H,8-9,12,16-17H2,1-4H3,(H,28,31)/b23-14+. The Morgan fingerprint density at radius 2 is 2.03 bits per heavy atom. The van der Waals surface area contributed by atoms with Crippen molar-refractivity contribution < 1.29 is 14.3 Å². The van der Waals surface area contributed by atoms with Gasteiger partial charge in [0, 0.05) is 37.3 Å². The first-order valence-electron chi connectivity index (χ1n) is 11.3. The molecule has 1 N–H and O–H groups in total. The van der Waals surface area contributed by atoms with Gasteiger partial charge in [0.2, 0.25) is 5.91 Å². The van der Waals surface area contributed by atoms with Crippen LogP contribution < -0.4 is 5.32 Å². The highest BCUT2D eigenvalue weighted by Crippen LogP contribution is 2.25. The van der Waals surface area contributed by atoms with E-state index in [4.69, 9.17) is 4.74 Å². The van der Waals surface area contributed by atoms with Gasteiger partial charge in [-0.05, 0) is 63.5 Å². The molecule has 1 fully saturated rings. The largest absolute Gasteiger partial charge is 0.383 e. The number of carbonyl (C=O) groups is 2. The molecular weight excluding hydrogens is 416 g/mol. The van der Waals surface area contributed by atoms with Crippen LogP contribution in [-0.2, 0) is 14.3 Å². The Kier molecular flexibility index (Phi) is 8.07. The molecule has 0 aliphatic carbocycles. The average Bonchev–Trinajstić information content (AvgIpc) is 3.10. The Morgan fingerprint density at radius 3 is 2.70 bits per heavy atom. The predicted octanol–water partition coefficient (Wildman–Crippen LogP) is 4.10. The zero-order chi connectivity index (χ0) is 24.0. The molecule has 3 rings (SSSR count). The molecule has 7 nitrogen and oxygen atoms in total. The second kappa shape index (κ2) is 11.0. The number of ether oxygens (including phenoxy) is 1. The van der Waals surface area contributed by atoms with E-state index in [1.165, 1.54) is 0 Å². The topological polar surface area (TPSA) is 87.4 Å². The summed E-state index contributed by atoms with van der Waals surface area (Å²) in [6.07, 6.45) is 3.10. The number of hydrogen-bond donors (Lipinski definition) is 1. The van der Waals surface area contributed by atoms with Crippen LogP contribution in [0.1, 0.15) is 42.8 Å². The zero-order valence-corrected chi connectivity index (χ0v) is 19.8. The molecule has 33 heavy (non-hydrogen) atoms. The summed E-state index contributed by atoms with van der Waals surface area (Å²) in [5.74, 6) is -0.732. The summed E-state index contributed by atoms with van der Waals surface area (Å²) in [6, 6.07) is 13.5. The number of anilines is 1. The summed E-state index contributed by atoms with van der Waals surface area (Å²) in [5, 5.41) is 12.7. The van der Waals surface area contributed by atoms with Crippen LogP contribution in [0.4, 0.5) is 5.69 Å². The Labute approximate surface area is 195 Å². The minimum absolute atomic E-state index is 0.0822. The summed E-state index contributed by atoms with van der Waals surface area (Å²) >= 11 is 0. The lowest BCUT2D eigenvalue weighted by Gasteiger charge is -2.32. The van der Waals surface area contributed by atoms with Crippen molar-refractivity contribution in [1.29, 1.82) is 5.26 Å². The van der Waals surface area contributed by atoms with Gasteiger partial charge in [0.15, 0.2) is 0 Å². The summed E-state index contributed by atoms with van der Waals surface area (Å²) in [6.45, 7) is 7.48. The van der Waals surface area contributed by atoms with Gasteiger partial charge in [-0.2, -0.15) is 5.26 Å². The molecule has 0 spiro atoms. The van der Waals surface area contributed by atoms with E-state index in [0.717, 1.165) is 29.1 Å². The van der Waals surface area contributed by atoms with Gasteiger partial charge in [0.1, 0.15) is 11.6 Å². The minimum atomic E-state index is -0.329. The number of aromatic nitrogens is 1. The van der Waals surface area contributed by atoms with Crippen LogP contribution in [0.3, 0.4) is 0 Å². The molecule has 7 heteroatoms. The molecule has 2 unspecified atom stereocenters. The molecule has 2 aromatic rings. The number of likely N-dealkylation sites (tertiary alicyclic amines) is 1. The summed E-state index contributed by atoms with van der Waals surface area (Å²) in [7, 11) is 1.67. The highest BCUT2D eigenvalue weighted by molar-refractivity contribution is 6.02. The number of benzene rings is 1. The second-order valence-corrected chi connectivity index (χ2v) is 8.62. The number of nitriles is 1. The van der Waals surface area contributed by atoms with Crippen molar-refractivity contribution in [2.75, 3.05) is 32.1 Å². The first-order valence-corrected chi connectivity index (χ1v) is 11.3. The van der Waals surface area contributed by atoms with Crippen molar-refractivity contribution in [3.05, 3.63) is 58.9 Å². The Hall–Kier alpha value is -3.37. The molecule has 1 aromatic carbocycles. The Bertz CT molecular complexity index is 1070. The van der Waals surface area contributed by atoms with E-state index < -0.39 is 0 Å². The van der Waals surface area contributed by atoms with Gasteiger partial charge >= 0.3 is 0 Å². The van der Waals surface area contributed by atoms with Gasteiger partial charge in [-0.3, -0.25) is 9.59 Å². The number of nitrogens with one attached hydrogen (secondary N) is 1. The number of carbonyl (C=O) groups excluding carboxylic acids is 2. The number of methoxy groups -OCH3 is 1. The van der Waals surface area contributed by atoms with Crippen LogP contribution in [0.2, 0.25) is 0 Å². The second-order valence-electron chi connectivity index (χ2n) is 8.62. The van der Waals surface area contributed by atoms with Crippen molar-refractivity contribution in [3.8, 4) is 6.07 Å². The fraction of sp³-hybridized carbons (Fsp3) is 0.423. The highest BCUT2D eigenvalue weighted by atomic mass is 16.5. The monoisotopic (exact) mass is 448 g/mol. The molecule has 0 bridgehead atoms. The number of rotatable bonds is 7. The van der Waals surface area contributed by atoms with Crippen molar-refractivity contribution in [2.24, 2.45) is 5.92 Å². The number of para-hydroxylation sites is 1. The summed E-state index contributed by atoms with van der Waals surface area (Å²) < 4.78 is 7.43. The lowest BCUT2D eigenvalue weighted by Crippen LogP contribution is -2.44. The van der Waals surface area contributed by atoms with Crippen LogP contribution in [0.25, 0.3) is 6.08 Å². The number of aryl methyl sites for hydroxylation is 1. The summed E-state index contributed by atoms with van der Waals surface area (Å²) in [5.41, 5.74) is 3.69. The fourth-order valence-electron chi connectivity index (χ4n) is 4.55. The maximum atomic E-state index is 13.2. The third kappa shape index (κ3) is 5.71. The smallest absolute Gasteiger partial charge is 0.264 e. The van der Waals surface area contributed by atoms with Gasteiger partial charge in [-0.1, -0.05) is 18.2 Å². The maximum absolute atomic E-state index is 13.2. The Morgan fingerprint density at radius 1 is 1.30 bits per heavy atom. The number of nitrogens with zero attached hydrogens (tertiary/aromatic N) is 3. The Balaban J connectivity index is 1.75. The molecule has 2 atom stereocenters. The van der Waals surface area contributed by atoms with E-state index in [2.05, 4.69) is 22.9 Å². The van der Waals surface area contributed by atoms with Crippen molar-refractivity contribution in [2.45, 2.75) is 39.7 Å². The molecular formula is C26H32N4O3. The SMILES string of the molecule is COCC(C)n1c(C)cc(/C=C(\C#N)C(=O)N2CCCC(C(=O)Nc3ccccc3)C2)c1C. The van der Waals surface area contributed by atoms with Gasteiger partial charge in [-0.25, -0.2) is 0 Å². The van der Waals surface area contributed by atoms with E-state index >= 15 is 0 Å².